The molecule has 0 radical (unpaired) electrons. The molecule has 1 atom stereocenters. The third-order valence-electron chi connectivity index (χ3n) is 4.94. The third-order valence-corrected chi connectivity index (χ3v) is 4.94. The minimum atomic E-state index is 0.699. The van der Waals surface area contributed by atoms with Gasteiger partial charge in [0.25, 0.3) is 0 Å². The van der Waals surface area contributed by atoms with Crippen LogP contribution in [-0.4, -0.2) is 37.6 Å². The maximum absolute atomic E-state index is 3.58. The van der Waals surface area contributed by atoms with Crippen molar-refractivity contribution in [3.8, 4) is 0 Å². The van der Waals surface area contributed by atoms with Crippen LogP contribution in [0.4, 0.5) is 0 Å². The summed E-state index contributed by atoms with van der Waals surface area (Å²) in [6.07, 6.45) is 7.00. The lowest BCUT2D eigenvalue weighted by Crippen LogP contribution is -2.51. The second-order valence-electron chi connectivity index (χ2n) is 5.76. The van der Waals surface area contributed by atoms with Gasteiger partial charge in [-0.15, -0.1) is 0 Å². The third kappa shape index (κ3) is 2.43. The summed E-state index contributed by atoms with van der Waals surface area (Å²) in [4.78, 5) is 2.67. The summed E-state index contributed by atoms with van der Waals surface area (Å²) in [5, 5.41) is 3.58. The van der Waals surface area contributed by atoms with Crippen LogP contribution in [0.2, 0.25) is 0 Å². The van der Waals surface area contributed by atoms with Crippen LogP contribution >= 0.6 is 0 Å². The van der Waals surface area contributed by atoms with Crippen LogP contribution < -0.4 is 5.32 Å². The Morgan fingerprint density at radius 1 is 1.19 bits per heavy atom. The summed E-state index contributed by atoms with van der Waals surface area (Å²) in [6.45, 7) is 11.2. The van der Waals surface area contributed by atoms with E-state index in [-0.39, 0.29) is 0 Å². The van der Waals surface area contributed by atoms with Gasteiger partial charge in [0.2, 0.25) is 0 Å². The first-order valence-electron chi connectivity index (χ1n) is 7.24. The number of rotatable bonds is 3. The first-order valence-corrected chi connectivity index (χ1v) is 7.24. The van der Waals surface area contributed by atoms with E-state index >= 15 is 0 Å². The number of hydrogen-bond donors (Lipinski definition) is 1. The van der Waals surface area contributed by atoms with Gasteiger partial charge in [-0.2, -0.15) is 0 Å². The quantitative estimate of drug-likeness (QED) is 0.792. The van der Waals surface area contributed by atoms with Crippen LogP contribution in [0.25, 0.3) is 0 Å². The molecule has 0 bridgehead atoms. The molecule has 2 rings (SSSR count). The predicted molar refractivity (Wildman–Crippen MR) is 69.7 cm³/mol. The molecule has 1 N–H and O–H groups in total. The van der Waals surface area contributed by atoms with Crippen LogP contribution in [0.3, 0.4) is 0 Å². The first kappa shape index (κ1) is 12.4. The molecule has 2 nitrogen and oxygen atoms in total. The fourth-order valence-corrected chi connectivity index (χ4v) is 3.81. The number of nitrogens with zero attached hydrogens (tertiary/aromatic N) is 1. The first-order chi connectivity index (χ1) is 7.80. The van der Waals surface area contributed by atoms with Crippen molar-refractivity contribution in [1.82, 2.24) is 10.2 Å². The maximum Gasteiger partial charge on any atom is -0.00133 e. The Balaban J connectivity index is 1.93. The zero-order valence-electron chi connectivity index (χ0n) is 11.1. The van der Waals surface area contributed by atoms with Crippen LogP contribution in [0, 0.1) is 11.3 Å². The highest BCUT2D eigenvalue weighted by molar-refractivity contribution is 4.94. The molecule has 16 heavy (non-hydrogen) atoms. The zero-order valence-corrected chi connectivity index (χ0v) is 11.1. The number of likely N-dealkylation sites (tertiary alicyclic amines) is 1. The Morgan fingerprint density at radius 2 is 1.94 bits per heavy atom. The normalized spacial score (nSPS) is 30.8. The van der Waals surface area contributed by atoms with Gasteiger partial charge in [-0.1, -0.05) is 20.3 Å². The number of hydrogen-bond acceptors (Lipinski definition) is 2. The van der Waals surface area contributed by atoms with Gasteiger partial charge < -0.3 is 10.2 Å². The van der Waals surface area contributed by atoms with E-state index in [4.69, 9.17) is 0 Å². The average Bonchev–Trinajstić information content (AvgIpc) is 2.33. The molecule has 0 amide bonds. The molecule has 2 saturated heterocycles. The number of piperidine rings is 2. The predicted octanol–water partition coefficient (Wildman–Crippen LogP) is 2.50. The topological polar surface area (TPSA) is 15.3 Å². The van der Waals surface area contributed by atoms with Crippen molar-refractivity contribution >= 4 is 0 Å². The molecule has 2 aliphatic rings. The van der Waals surface area contributed by atoms with Gasteiger partial charge in [0.15, 0.2) is 0 Å². The van der Waals surface area contributed by atoms with Gasteiger partial charge in [-0.25, -0.2) is 0 Å². The Hall–Kier alpha value is -0.0800. The summed E-state index contributed by atoms with van der Waals surface area (Å²) >= 11 is 0. The van der Waals surface area contributed by atoms with Gasteiger partial charge in [0.05, 0.1) is 0 Å². The highest BCUT2D eigenvalue weighted by atomic mass is 15.1. The van der Waals surface area contributed by atoms with Crippen molar-refractivity contribution < 1.29 is 0 Å². The number of nitrogens with one attached hydrogen (secondary N) is 1. The van der Waals surface area contributed by atoms with Gasteiger partial charge >= 0.3 is 0 Å². The maximum atomic E-state index is 3.58. The molecule has 2 fully saturated rings. The summed E-state index contributed by atoms with van der Waals surface area (Å²) < 4.78 is 0. The minimum absolute atomic E-state index is 0.699. The Labute approximate surface area is 101 Å². The van der Waals surface area contributed by atoms with Crippen LogP contribution in [0.1, 0.15) is 46.0 Å². The van der Waals surface area contributed by atoms with E-state index in [0.29, 0.717) is 5.41 Å². The van der Waals surface area contributed by atoms with Crippen molar-refractivity contribution in [3.63, 3.8) is 0 Å². The fourth-order valence-electron chi connectivity index (χ4n) is 3.81. The highest BCUT2D eigenvalue weighted by Crippen LogP contribution is 2.44. The second kappa shape index (κ2) is 5.50. The molecule has 1 unspecified atom stereocenters. The molecule has 0 aromatic carbocycles. The second-order valence-corrected chi connectivity index (χ2v) is 5.76. The van der Waals surface area contributed by atoms with Crippen LogP contribution in [0.5, 0.6) is 0 Å². The standard InChI is InChI=1S/C14H28N2/c1-3-9-16-10-6-14(7-11-16)5-8-15-12-13(14)4-2/h13,15H,3-12H2,1-2H3. The monoisotopic (exact) mass is 224 g/mol. The lowest BCUT2D eigenvalue weighted by Gasteiger charge is -2.49. The lowest BCUT2D eigenvalue weighted by atomic mass is 9.64. The molecule has 2 heterocycles. The molecular weight excluding hydrogens is 196 g/mol. The SMILES string of the molecule is CCCN1CCC2(CCNCC2CC)CC1. The molecule has 0 saturated carbocycles. The molecule has 0 aliphatic carbocycles. The molecule has 2 heteroatoms. The van der Waals surface area contributed by atoms with Gasteiger partial charge in [-0.3, -0.25) is 0 Å². The van der Waals surface area contributed by atoms with Crippen LogP contribution in [0.15, 0.2) is 0 Å². The van der Waals surface area contributed by atoms with Crippen molar-refractivity contribution in [3.05, 3.63) is 0 Å². The lowest BCUT2D eigenvalue weighted by molar-refractivity contribution is 0.0206. The minimum Gasteiger partial charge on any atom is -0.316 e. The molecule has 94 valence electrons. The highest BCUT2D eigenvalue weighted by Gasteiger charge is 2.41. The molecule has 1 spiro atoms. The van der Waals surface area contributed by atoms with E-state index in [1.165, 1.54) is 64.8 Å². The van der Waals surface area contributed by atoms with Crippen molar-refractivity contribution in [2.24, 2.45) is 11.3 Å². The van der Waals surface area contributed by atoms with Crippen molar-refractivity contribution in [1.29, 1.82) is 0 Å². The van der Waals surface area contributed by atoms with E-state index < -0.39 is 0 Å². The largest absolute Gasteiger partial charge is 0.316 e. The summed E-state index contributed by atoms with van der Waals surface area (Å²) in [7, 11) is 0. The molecular formula is C14H28N2. The zero-order chi connectivity index (χ0) is 11.4. The fraction of sp³-hybridized carbons (Fsp3) is 1.00. The van der Waals surface area contributed by atoms with Gasteiger partial charge in [0, 0.05) is 0 Å². The summed E-state index contributed by atoms with van der Waals surface area (Å²) in [6, 6.07) is 0. The van der Waals surface area contributed by atoms with Crippen molar-refractivity contribution in [2.45, 2.75) is 46.0 Å². The summed E-state index contributed by atoms with van der Waals surface area (Å²) in [5.41, 5.74) is 0.699. The van der Waals surface area contributed by atoms with Crippen LogP contribution in [-0.2, 0) is 0 Å². The van der Waals surface area contributed by atoms with Crippen molar-refractivity contribution in [2.75, 3.05) is 32.7 Å². The average molecular weight is 224 g/mol. The van der Waals surface area contributed by atoms with E-state index in [2.05, 4.69) is 24.1 Å². The van der Waals surface area contributed by atoms with E-state index in [0.717, 1.165) is 5.92 Å². The van der Waals surface area contributed by atoms with E-state index in [9.17, 15) is 0 Å². The van der Waals surface area contributed by atoms with Gasteiger partial charge in [-0.05, 0) is 69.7 Å². The Bertz CT molecular complexity index is 207. The van der Waals surface area contributed by atoms with E-state index in [1.807, 2.05) is 0 Å². The molecule has 0 aromatic heterocycles. The van der Waals surface area contributed by atoms with E-state index in [1.54, 1.807) is 0 Å². The molecule has 0 aromatic rings. The smallest absolute Gasteiger partial charge is 0.00133 e. The molecule has 2 aliphatic heterocycles. The summed E-state index contributed by atoms with van der Waals surface area (Å²) in [5.74, 6) is 0.935. The Kier molecular flexibility index (Phi) is 4.26. The Morgan fingerprint density at radius 3 is 2.56 bits per heavy atom. The van der Waals surface area contributed by atoms with Gasteiger partial charge in [0.1, 0.15) is 0 Å².